The molecular formula is C25H27N5O2S. The molecule has 2 aromatic carbocycles. The van der Waals surface area contributed by atoms with Gasteiger partial charge in [-0.05, 0) is 36.6 Å². The van der Waals surface area contributed by atoms with E-state index in [0.717, 1.165) is 58.4 Å². The lowest BCUT2D eigenvalue weighted by Crippen LogP contribution is -2.50. The van der Waals surface area contributed by atoms with E-state index in [2.05, 4.69) is 33.6 Å². The van der Waals surface area contributed by atoms with Crippen molar-refractivity contribution in [2.45, 2.75) is 26.4 Å². The lowest BCUT2D eigenvalue weighted by Gasteiger charge is -2.34. The van der Waals surface area contributed by atoms with Gasteiger partial charge in [-0.2, -0.15) is 0 Å². The number of aromatic nitrogens is 1. The molecule has 3 aromatic rings. The quantitative estimate of drug-likeness (QED) is 0.595. The molecule has 33 heavy (non-hydrogen) atoms. The number of carbonyl (C=O) groups is 1. The van der Waals surface area contributed by atoms with Gasteiger partial charge in [0.15, 0.2) is 11.2 Å². The largest absolute Gasteiger partial charge is 0.387 e. The van der Waals surface area contributed by atoms with Crippen molar-refractivity contribution in [3.63, 3.8) is 0 Å². The van der Waals surface area contributed by atoms with E-state index < -0.39 is 0 Å². The van der Waals surface area contributed by atoms with Gasteiger partial charge in [0.25, 0.3) is 0 Å². The Bertz CT molecular complexity index is 1170. The number of urea groups is 1. The van der Waals surface area contributed by atoms with Crippen molar-refractivity contribution in [1.29, 1.82) is 0 Å². The highest BCUT2D eigenvalue weighted by molar-refractivity contribution is 7.14. The highest BCUT2D eigenvalue weighted by Gasteiger charge is 2.27. The number of rotatable bonds is 4. The van der Waals surface area contributed by atoms with Crippen LogP contribution in [0.2, 0.25) is 0 Å². The molecule has 5 rings (SSSR count). The number of nitrogens with zero attached hydrogens (tertiary/aromatic N) is 4. The van der Waals surface area contributed by atoms with E-state index in [0.29, 0.717) is 13.1 Å². The molecule has 1 fully saturated rings. The molecule has 0 bridgehead atoms. The van der Waals surface area contributed by atoms with Gasteiger partial charge in [-0.15, -0.1) is 11.3 Å². The van der Waals surface area contributed by atoms with E-state index in [9.17, 15) is 4.79 Å². The molecule has 170 valence electrons. The standard InChI is InChI=1S/C25H27N5O2S/c1-17-8-9-18(2)20(14-17)26-24(31)29-10-12-30(13-11-29)25-27-22(16-33-25)21-15-23(32-28-21)19-6-4-3-5-7-19/h3-9,14,16,23H,10-13,15H2,1-2H3,(H,26,31). The molecule has 2 aliphatic heterocycles. The van der Waals surface area contributed by atoms with Crippen LogP contribution in [0.5, 0.6) is 0 Å². The van der Waals surface area contributed by atoms with Crippen molar-refractivity contribution >= 4 is 33.9 Å². The van der Waals surface area contributed by atoms with Crippen LogP contribution in [-0.4, -0.2) is 47.8 Å². The molecule has 0 radical (unpaired) electrons. The van der Waals surface area contributed by atoms with Crippen molar-refractivity contribution in [2.75, 3.05) is 36.4 Å². The summed E-state index contributed by atoms with van der Waals surface area (Å²) >= 11 is 1.62. The normalized spacial score (nSPS) is 18.1. The zero-order valence-corrected chi connectivity index (χ0v) is 19.6. The summed E-state index contributed by atoms with van der Waals surface area (Å²) in [5, 5.41) is 10.4. The first-order valence-corrected chi connectivity index (χ1v) is 12.1. The Balaban J connectivity index is 1.16. The minimum absolute atomic E-state index is 0.0485. The first kappa shape index (κ1) is 21.5. The van der Waals surface area contributed by atoms with Crippen molar-refractivity contribution in [3.05, 3.63) is 76.3 Å². The Morgan fingerprint density at radius 2 is 1.88 bits per heavy atom. The zero-order chi connectivity index (χ0) is 22.8. The van der Waals surface area contributed by atoms with Gasteiger partial charge in [0.1, 0.15) is 11.4 Å². The van der Waals surface area contributed by atoms with Crippen LogP contribution in [0.15, 0.2) is 59.1 Å². The molecule has 2 aliphatic rings. The molecule has 1 unspecified atom stereocenters. The van der Waals surface area contributed by atoms with Crippen LogP contribution < -0.4 is 10.2 Å². The van der Waals surface area contributed by atoms with E-state index in [1.807, 2.05) is 54.5 Å². The highest BCUT2D eigenvalue weighted by Crippen LogP contribution is 2.31. The summed E-state index contributed by atoms with van der Waals surface area (Å²) in [6.45, 7) is 6.86. The van der Waals surface area contributed by atoms with Crippen LogP contribution in [-0.2, 0) is 4.84 Å². The smallest absolute Gasteiger partial charge is 0.321 e. The summed E-state index contributed by atoms with van der Waals surface area (Å²) in [5.74, 6) is 0. The maximum atomic E-state index is 12.8. The molecule has 1 atom stereocenters. The summed E-state index contributed by atoms with van der Waals surface area (Å²) in [4.78, 5) is 27.3. The summed E-state index contributed by atoms with van der Waals surface area (Å²) in [5.41, 5.74) is 5.97. The van der Waals surface area contributed by atoms with Crippen LogP contribution >= 0.6 is 11.3 Å². The molecule has 1 saturated heterocycles. The van der Waals surface area contributed by atoms with Crippen LogP contribution in [0, 0.1) is 13.8 Å². The van der Waals surface area contributed by atoms with Gasteiger partial charge in [0.2, 0.25) is 0 Å². The van der Waals surface area contributed by atoms with Crippen LogP contribution in [0.25, 0.3) is 0 Å². The van der Waals surface area contributed by atoms with E-state index in [1.165, 1.54) is 0 Å². The third-order valence-electron chi connectivity index (χ3n) is 6.10. The first-order chi connectivity index (χ1) is 16.1. The first-order valence-electron chi connectivity index (χ1n) is 11.2. The number of carbonyl (C=O) groups excluding carboxylic acids is 1. The third kappa shape index (κ3) is 4.71. The van der Waals surface area contributed by atoms with E-state index in [4.69, 9.17) is 9.82 Å². The minimum Gasteiger partial charge on any atom is -0.387 e. The third-order valence-corrected chi connectivity index (χ3v) is 7.00. The van der Waals surface area contributed by atoms with Gasteiger partial charge in [0, 0.05) is 43.7 Å². The highest BCUT2D eigenvalue weighted by atomic mass is 32.1. The fourth-order valence-corrected chi connectivity index (χ4v) is 4.97. The maximum absolute atomic E-state index is 12.8. The molecule has 2 amide bonds. The summed E-state index contributed by atoms with van der Waals surface area (Å²) in [6, 6.07) is 16.2. The predicted octanol–water partition coefficient (Wildman–Crippen LogP) is 4.98. The Kier molecular flexibility index (Phi) is 6.00. The van der Waals surface area contributed by atoms with Gasteiger partial charge in [0.05, 0.1) is 0 Å². The van der Waals surface area contributed by atoms with E-state index in [1.54, 1.807) is 11.3 Å². The van der Waals surface area contributed by atoms with Crippen molar-refractivity contribution < 1.29 is 9.63 Å². The monoisotopic (exact) mass is 461 g/mol. The van der Waals surface area contributed by atoms with Crippen LogP contribution in [0.3, 0.4) is 0 Å². The number of thiazole rings is 1. The number of piperazine rings is 1. The number of aryl methyl sites for hydroxylation is 2. The molecule has 1 N–H and O–H groups in total. The van der Waals surface area contributed by atoms with Crippen molar-refractivity contribution in [3.8, 4) is 0 Å². The number of anilines is 2. The van der Waals surface area contributed by atoms with E-state index >= 15 is 0 Å². The predicted molar refractivity (Wildman–Crippen MR) is 132 cm³/mol. The van der Waals surface area contributed by atoms with Crippen molar-refractivity contribution in [1.82, 2.24) is 9.88 Å². The molecule has 1 aromatic heterocycles. The number of hydrogen-bond donors (Lipinski definition) is 1. The second-order valence-corrected chi connectivity index (χ2v) is 9.32. The number of hydrogen-bond acceptors (Lipinski definition) is 6. The van der Waals surface area contributed by atoms with Gasteiger partial charge < -0.3 is 20.0 Å². The van der Waals surface area contributed by atoms with Gasteiger partial charge >= 0.3 is 6.03 Å². The molecule has 0 aliphatic carbocycles. The molecular weight excluding hydrogens is 434 g/mol. The summed E-state index contributed by atoms with van der Waals surface area (Å²) < 4.78 is 0. The Morgan fingerprint density at radius 3 is 2.67 bits per heavy atom. The number of amides is 2. The van der Waals surface area contributed by atoms with Crippen LogP contribution in [0.1, 0.15) is 34.9 Å². The van der Waals surface area contributed by atoms with Gasteiger partial charge in [-0.1, -0.05) is 47.6 Å². The average molecular weight is 462 g/mol. The maximum Gasteiger partial charge on any atom is 0.321 e. The van der Waals surface area contributed by atoms with E-state index in [-0.39, 0.29) is 12.1 Å². The molecule has 7 nitrogen and oxygen atoms in total. The Labute approximate surface area is 197 Å². The van der Waals surface area contributed by atoms with Crippen LogP contribution in [0.4, 0.5) is 15.6 Å². The number of oxime groups is 1. The second kappa shape index (κ2) is 9.23. The Morgan fingerprint density at radius 1 is 1.09 bits per heavy atom. The molecule has 0 saturated carbocycles. The second-order valence-electron chi connectivity index (χ2n) is 8.48. The lowest BCUT2D eigenvalue weighted by atomic mass is 10.0. The molecule has 8 heteroatoms. The van der Waals surface area contributed by atoms with Gasteiger partial charge in [-0.25, -0.2) is 9.78 Å². The molecule has 0 spiro atoms. The van der Waals surface area contributed by atoms with Crippen molar-refractivity contribution in [2.24, 2.45) is 5.16 Å². The number of benzene rings is 2. The Hall–Kier alpha value is -3.39. The SMILES string of the molecule is Cc1ccc(C)c(NC(=O)N2CCN(c3nc(C4=NOC(c5ccccc5)C4)cs3)CC2)c1. The summed E-state index contributed by atoms with van der Waals surface area (Å²) in [7, 11) is 0. The van der Waals surface area contributed by atoms with Gasteiger partial charge in [-0.3, -0.25) is 0 Å². The molecule has 3 heterocycles. The fraction of sp³-hybridized carbons (Fsp3) is 0.320. The topological polar surface area (TPSA) is 70.1 Å². The lowest BCUT2D eigenvalue weighted by molar-refractivity contribution is 0.0857. The number of nitrogens with one attached hydrogen (secondary N) is 1. The average Bonchev–Trinajstić information content (AvgIpc) is 3.52. The fourth-order valence-electron chi connectivity index (χ4n) is 4.08. The minimum atomic E-state index is -0.0505. The summed E-state index contributed by atoms with van der Waals surface area (Å²) in [6.07, 6.45) is 0.671. The zero-order valence-electron chi connectivity index (χ0n) is 18.8.